The van der Waals surface area contributed by atoms with Crippen molar-refractivity contribution in [1.82, 2.24) is 4.98 Å². The standard InChI is InChI=1S/C19H15N3OS2/c1-23-15-8-6-13(7-9-15)17-12-24-19(21-17)22-20-11-16-10-14-4-2-3-5-18(14)25-16/h2-12H,1H3,(H,21,22). The molecule has 0 radical (unpaired) electrons. The maximum absolute atomic E-state index is 5.18. The van der Waals surface area contributed by atoms with Gasteiger partial charge in [-0.1, -0.05) is 18.2 Å². The van der Waals surface area contributed by atoms with Crippen LogP contribution in [0.5, 0.6) is 5.75 Å². The predicted octanol–water partition coefficient (Wildman–Crippen LogP) is 5.48. The molecule has 0 aliphatic heterocycles. The van der Waals surface area contributed by atoms with Crippen LogP contribution in [0.4, 0.5) is 5.13 Å². The number of rotatable bonds is 5. The Balaban J connectivity index is 1.45. The van der Waals surface area contributed by atoms with Crippen LogP contribution < -0.4 is 10.2 Å². The van der Waals surface area contributed by atoms with E-state index < -0.39 is 0 Å². The first-order valence-corrected chi connectivity index (χ1v) is 9.39. The van der Waals surface area contributed by atoms with E-state index in [2.05, 4.69) is 33.7 Å². The first kappa shape index (κ1) is 15.8. The summed E-state index contributed by atoms with van der Waals surface area (Å²) in [5.41, 5.74) is 4.99. The molecular weight excluding hydrogens is 350 g/mol. The molecule has 2 aromatic carbocycles. The van der Waals surface area contributed by atoms with Crippen LogP contribution in [0.1, 0.15) is 4.88 Å². The van der Waals surface area contributed by atoms with E-state index in [1.807, 2.05) is 48.0 Å². The topological polar surface area (TPSA) is 46.5 Å². The smallest absolute Gasteiger partial charge is 0.203 e. The minimum absolute atomic E-state index is 0.767. The number of ether oxygens (including phenoxy) is 1. The van der Waals surface area contributed by atoms with Crippen LogP contribution in [0.2, 0.25) is 0 Å². The van der Waals surface area contributed by atoms with Crippen LogP contribution in [0.3, 0.4) is 0 Å². The highest BCUT2D eigenvalue weighted by Gasteiger charge is 2.04. The van der Waals surface area contributed by atoms with Crippen molar-refractivity contribution in [3.8, 4) is 17.0 Å². The zero-order chi connectivity index (χ0) is 17.1. The van der Waals surface area contributed by atoms with Crippen molar-refractivity contribution in [2.45, 2.75) is 0 Å². The van der Waals surface area contributed by atoms with Gasteiger partial charge in [0.25, 0.3) is 0 Å². The molecule has 124 valence electrons. The summed E-state index contributed by atoms with van der Waals surface area (Å²) >= 11 is 3.25. The fraction of sp³-hybridized carbons (Fsp3) is 0.0526. The number of hydrazone groups is 1. The second kappa shape index (κ2) is 7.04. The molecule has 0 fully saturated rings. The third kappa shape index (κ3) is 3.55. The Hall–Kier alpha value is -2.70. The highest BCUT2D eigenvalue weighted by Crippen LogP contribution is 2.27. The van der Waals surface area contributed by atoms with Gasteiger partial charge < -0.3 is 4.74 Å². The minimum atomic E-state index is 0.767. The highest BCUT2D eigenvalue weighted by molar-refractivity contribution is 7.20. The number of methoxy groups -OCH3 is 1. The lowest BCUT2D eigenvalue weighted by Gasteiger charge is -2.00. The molecule has 4 aromatic rings. The number of nitrogens with one attached hydrogen (secondary N) is 1. The van der Waals surface area contributed by atoms with Crippen LogP contribution in [0, 0.1) is 0 Å². The predicted molar refractivity (Wildman–Crippen MR) is 107 cm³/mol. The number of aromatic nitrogens is 1. The number of thiophene rings is 1. The Morgan fingerprint density at radius 3 is 2.76 bits per heavy atom. The van der Waals surface area contributed by atoms with Gasteiger partial charge in [-0.3, -0.25) is 5.43 Å². The number of anilines is 1. The fourth-order valence-corrected chi connectivity index (χ4v) is 4.04. The summed E-state index contributed by atoms with van der Waals surface area (Å²) in [7, 11) is 1.66. The third-order valence-electron chi connectivity index (χ3n) is 3.69. The molecule has 0 bridgehead atoms. The lowest BCUT2D eigenvalue weighted by molar-refractivity contribution is 0.415. The normalized spacial score (nSPS) is 11.2. The van der Waals surface area contributed by atoms with E-state index in [-0.39, 0.29) is 0 Å². The Labute approximate surface area is 153 Å². The molecule has 0 amide bonds. The van der Waals surface area contributed by atoms with Gasteiger partial charge in [-0.05, 0) is 41.8 Å². The van der Waals surface area contributed by atoms with Gasteiger partial charge in [0.15, 0.2) is 0 Å². The van der Waals surface area contributed by atoms with Crippen molar-refractivity contribution in [2.24, 2.45) is 5.10 Å². The van der Waals surface area contributed by atoms with Crippen molar-refractivity contribution in [1.29, 1.82) is 0 Å². The average Bonchev–Trinajstić information content (AvgIpc) is 3.28. The molecule has 4 rings (SSSR count). The maximum atomic E-state index is 5.18. The number of nitrogens with zero attached hydrogens (tertiary/aromatic N) is 2. The molecule has 2 heterocycles. The third-order valence-corrected chi connectivity index (χ3v) is 5.48. The molecule has 0 unspecified atom stereocenters. The molecule has 25 heavy (non-hydrogen) atoms. The Morgan fingerprint density at radius 1 is 1.12 bits per heavy atom. The molecule has 4 nitrogen and oxygen atoms in total. The zero-order valence-electron chi connectivity index (χ0n) is 13.5. The second-order valence-corrected chi connectivity index (χ2v) is 7.30. The van der Waals surface area contributed by atoms with Gasteiger partial charge >= 0.3 is 0 Å². The largest absolute Gasteiger partial charge is 0.497 e. The Kier molecular flexibility index (Phi) is 4.45. The van der Waals surface area contributed by atoms with E-state index in [1.165, 1.54) is 21.4 Å². The number of benzene rings is 2. The summed E-state index contributed by atoms with van der Waals surface area (Å²) in [5, 5.41) is 8.33. The van der Waals surface area contributed by atoms with Crippen molar-refractivity contribution in [3.05, 3.63) is 64.9 Å². The van der Waals surface area contributed by atoms with E-state index in [0.717, 1.165) is 27.0 Å². The van der Waals surface area contributed by atoms with Gasteiger partial charge in [-0.2, -0.15) is 5.10 Å². The number of hydrogen-bond acceptors (Lipinski definition) is 6. The summed E-state index contributed by atoms with van der Waals surface area (Å²) in [6.45, 7) is 0. The van der Waals surface area contributed by atoms with Gasteiger partial charge in [0.05, 0.1) is 19.0 Å². The summed E-state index contributed by atoms with van der Waals surface area (Å²) in [6.07, 6.45) is 1.83. The van der Waals surface area contributed by atoms with E-state index in [9.17, 15) is 0 Å². The molecular formula is C19H15N3OS2. The Bertz CT molecular complexity index is 986. The SMILES string of the molecule is COc1ccc(-c2csc(NN=Cc3cc4ccccc4s3)n2)cc1. The van der Waals surface area contributed by atoms with Gasteiger partial charge in [-0.15, -0.1) is 22.7 Å². The monoisotopic (exact) mass is 365 g/mol. The molecule has 0 aliphatic carbocycles. The lowest BCUT2D eigenvalue weighted by Crippen LogP contribution is -1.88. The van der Waals surface area contributed by atoms with E-state index in [1.54, 1.807) is 18.4 Å². The maximum Gasteiger partial charge on any atom is 0.203 e. The number of thiazole rings is 1. The quantitative estimate of drug-likeness (QED) is 0.376. The van der Waals surface area contributed by atoms with Crippen molar-refractivity contribution < 1.29 is 4.74 Å². The van der Waals surface area contributed by atoms with Gasteiger partial charge in [0.2, 0.25) is 5.13 Å². The van der Waals surface area contributed by atoms with Crippen molar-refractivity contribution in [2.75, 3.05) is 12.5 Å². The van der Waals surface area contributed by atoms with Crippen LogP contribution >= 0.6 is 22.7 Å². The summed E-state index contributed by atoms with van der Waals surface area (Å²) in [5.74, 6) is 0.838. The average molecular weight is 365 g/mol. The Morgan fingerprint density at radius 2 is 1.96 bits per heavy atom. The van der Waals surface area contributed by atoms with Crippen LogP contribution in [-0.4, -0.2) is 18.3 Å². The summed E-state index contributed by atoms with van der Waals surface area (Å²) in [4.78, 5) is 5.68. The molecule has 0 saturated carbocycles. The first-order valence-electron chi connectivity index (χ1n) is 7.69. The minimum Gasteiger partial charge on any atom is -0.497 e. The van der Waals surface area contributed by atoms with Gasteiger partial charge in [0, 0.05) is 20.5 Å². The second-order valence-electron chi connectivity index (χ2n) is 5.32. The molecule has 2 aromatic heterocycles. The van der Waals surface area contributed by atoms with Crippen LogP contribution in [-0.2, 0) is 0 Å². The van der Waals surface area contributed by atoms with E-state index in [0.29, 0.717) is 0 Å². The number of fused-ring (bicyclic) bond motifs is 1. The van der Waals surface area contributed by atoms with Crippen LogP contribution in [0.25, 0.3) is 21.3 Å². The zero-order valence-corrected chi connectivity index (χ0v) is 15.1. The molecule has 0 atom stereocenters. The summed E-state index contributed by atoms with van der Waals surface area (Å²) in [6, 6.07) is 18.3. The molecule has 0 aliphatic rings. The van der Waals surface area contributed by atoms with E-state index >= 15 is 0 Å². The molecule has 1 N–H and O–H groups in total. The van der Waals surface area contributed by atoms with Crippen molar-refractivity contribution in [3.63, 3.8) is 0 Å². The van der Waals surface area contributed by atoms with E-state index in [4.69, 9.17) is 4.74 Å². The first-order chi connectivity index (χ1) is 12.3. The highest BCUT2D eigenvalue weighted by atomic mass is 32.1. The van der Waals surface area contributed by atoms with Gasteiger partial charge in [-0.25, -0.2) is 4.98 Å². The number of hydrogen-bond donors (Lipinski definition) is 1. The fourth-order valence-electron chi connectivity index (χ4n) is 2.44. The van der Waals surface area contributed by atoms with Crippen molar-refractivity contribution >= 4 is 44.1 Å². The molecule has 0 saturated heterocycles. The molecule has 6 heteroatoms. The van der Waals surface area contributed by atoms with Gasteiger partial charge in [0.1, 0.15) is 5.75 Å². The lowest BCUT2D eigenvalue weighted by atomic mass is 10.2. The molecule has 0 spiro atoms. The van der Waals surface area contributed by atoms with Crippen LogP contribution in [0.15, 0.2) is 65.1 Å². The summed E-state index contributed by atoms with van der Waals surface area (Å²) < 4.78 is 6.44.